The molecule has 0 saturated carbocycles. The summed E-state index contributed by atoms with van der Waals surface area (Å²) in [6, 6.07) is 0. The van der Waals surface area contributed by atoms with Gasteiger partial charge in [-0.3, -0.25) is 4.79 Å². The molecule has 0 saturated heterocycles. The van der Waals surface area contributed by atoms with Crippen molar-refractivity contribution >= 4 is 5.97 Å². The Morgan fingerprint density at radius 3 is 2.67 bits per heavy atom. The minimum Gasteiger partial charge on any atom is -0.465 e. The quantitative estimate of drug-likeness (QED) is 0.453. The van der Waals surface area contributed by atoms with Crippen molar-refractivity contribution in [1.29, 1.82) is 0 Å². The number of carbonyl (C=O) groups is 1. The zero-order chi connectivity index (χ0) is 9.40. The van der Waals surface area contributed by atoms with E-state index in [4.69, 9.17) is 4.74 Å². The van der Waals surface area contributed by atoms with E-state index in [1.54, 1.807) is 6.42 Å². The molecule has 0 spiro atoms. The first-order valence-corrected chi connectivity index (χ1v) is 4.66. The fourth-order valence-corrected chi connectivity index (χ4v) is 0.732. The molecular weight excluding hydrogens is 152 g/mol. The molecule has 0 amide bonds. The lowest BCUT2D eigenvalue weighted by molar-refractivity contribution is -0.140. The Hall–Kier alpha value is -0.530. The van der Waals surface area contributed by atoms with E-state index >= 15 is 0 Å². The van der Waals surface area contributed by atoms with Gasteiger partial charge >= 0.3 is 5.97 Å². The number of hydrogen-bond donors (Lipinski definition) is 0. The van der Waals surface area contributed by atoms with Gasteiger partial charge in [0.05, 0.1) is 13.0 Å². The lowest BCUT2D eigenvalue weighted by atomic mass is 10.2. The summed E-state index contributed by atoms with van der Waals surface area (Å²) in [6.45, 7) is 6.69. The summed E-state index contributed by atoms with van der Waals surface area (Å²) in [7, 11) is 0. The predicted molar refractivity (Wildman–Crippen MR) is 49.6 cm³/mol. The van der Waals surface area contributed by atoms with Gasteiger partial charge in [0.25, 0.3) is 0 Å². The number of hydrogen-bond acceptors (Lipinski definition) is 2. The molecule has 0 bridgehead atoms. The van der Waals surface area contributed by atoms with Gasteiger partial charge in [0.15, 0.2) is 0 Å². The third-order valence-corrected chi connectivity index (χ3v) is 1.43. The maximum atomic E-state index is 10.9. The van der Waals surface area contributed by atoms with Gasteiger partial charge in [-0.2, -0.15) is 0 Å². The topological polar surface area (TPSA) is 26.3 Å². The smallest absolute Gasteiger partial charge is 0.309 e. The summed E-state index contributed by atoms with van der Waals surface area (Å²) >= 11 is 0. The van der Waals surface area contributed by atoms with E-state index in [9.17, 15) is 4.79 Å². The Bertz CT molecular complexity index is 119. The average Bonchev–Trinajstić information content (AvgIpc) is 2.01. The van der Waals surface area contributed by atoms with Crippen LogP contribution in [0.25, 0.3) is 0 Å². The number of esters is 1. The Morgan fingerprint density at radius 2 is 2.17 bits per heavy atom. The molecule has 71 valence electrons. The number of rotatable bonds is 6. The minimum absolute atomic E-state index is 0.169. The highest BCUT2D eigenvalue weighted by molar-refractivity contribution is 5.78. The first-order valence-electron chi connectivity index (χ1n) is 4.66. The first kappa shape index (κ1) is 11.5. The van der Waals surface area contributed by atoms with Crippen LogP contribution >= 0.6 is 0 Å². The van der Waals surface area contributed by atoms with Crippen LogP contribution in [0.3, 0.4) is 0 Å². The number of ether oxygens (including phenoxy) is 1. The Balaban J connectivity index is 3.22. The molecule has 2 heteroatoms. The van der Waals surface area contributed by atoms with E-state index in [0.717, 1.165) is 19.3 Å². The van der Waals surface area contributed by atoms with Gasteiger partial charge < -0.3 is 4.74 Å². The van der Waals surface area contributed by atoms with Crippen molar-refractivity contribution in [3.63, 3.8) is 0 Å². The molecule has 0 aromatic carbocycles. The van der Waals surface area contributed by atoms with Crippen LogP contribution in [0.1, 0.15) is 40.0 Å². The lowest BCUT2D eigenvalue weighted by Crippen LogP contribution is -2.09. The van der Waals surface area contributed by atoms with E-state index in [2.05, 4.69) is 6.92 Å². The van der Waals surface area contributed by atoms with Crippen molar-refractivity contribution < 1.29 is 9.53 Å². The van der Waals surface area contributed by atoms with Gasteiger partial charge in [0.1, 0.15) is 0 Å². The van der Waals surface area contributed by atoms with E-state index < -0.39 is 0 Å². The summed E-state index contributed by atoms with van der Waals surface area (Å²) in [5.74, 6) is 0.255. The standard InChI is InChI=1S/C10H19O2/c1-4-5-6-7-10(11)12-8-9(2)3/h7,9H,4-6,8H2,1-3H3. The normalized spacial score (nSPS) is 10.3. The van der Waals surface area contributed by atoms with Crippen molar-refractivity contribution in [2.45, 2.75) is 40.0 Å². The number of unbranched alkanes of at least 4 members (excludes halogenated alkanes) is 2. The predicted octanol–water partition coefficient (Wildman–Crippen LogP) is 2.58. The highest BCUT2D eigenvalue weighted by Crippen LogP contribution is 2.00. The molecule has 12 heavy (non-hydrogen) atoms. The van der Waals surface area contributed by atoms with Crippen LogP contribution in [0.2, 0.25) is 0 Å². The fourth-order valence-electron chi connectivity index (χ4n) is 0.732. The maximum absolute atomic E-state index is 10.9. The number of carbonyl (C=O) groups excluding carboxylic acids is 1. The second-order valence-corrected chi connectivity index (χ2v) is 3.37. The van der Waals surface area contributed by atoms with Gasteiger partial charge in [0, 0.05) is 0 Å². The van der Waals surface area contributed by atoms with Crippen LogP contribution in [0.15, 0.2) is 0 Å². The monoisotopic (exact) mass is 171 g/mol. The largest absolute Gasteiger partial charge is 0.465 e. The molecule has 0 N–H and O–H groups in total. The van der Waals surface area contributed by atoms with Gasteiger partial charge in [0.2, 0.25) is 0 Å². The van der Waals surface area contributed by atoms with E-state index in [1.165, 1.54) is 0 Å². The Labute approximate surface area is 75.3 Å². The van der Waals surface area contributed by atoms with Crippen molar-refractivity contribution in [3.05, 3.63) is 6.42 Å². The summed E-state index contributed by atoms with van der Waals surface area (Å²) in [4.78, 5) is 10.9. The summed E-state index contributed by atoms with van der Waals surface area (Å²) in [5, 5.41) is 0. The average molecular weight is 171 g/mol. The third-order valence-electron chi connectivity index (χ3n) is 1.43. The molecule has 0 aliphatic carbocycles. The zero-order valence-corrected chi connectivity index (χ0v) is 8.30. The highest BCUT2D eigenvalue weighted by atomic mass is 16.5. The van der Waals surface area contributed by atoms with Crippen molar-refractivity contribution in [2.24, 2.45) is 5.92 Å². The third kappa shape index (κ3) is 7.58. The van der Waals surface area contributed by atoms with Gasteiger partial charge in [-0.15, -0.1) is 0 Å². The molecule has 0 unspecified atom stereocenters. The van der Waals surface area contributed by atoms with Crippen LogP contribution < -0.4 is 0 Å². The van der Waals surface area contributed by atoms with Crippen molar-refractivity contribution in [3.8, 4) is 0 Å². The molecule has 1 radical (unpaired) electrons. The molecular formula is C10H19O2. The summed E-state index contributed by atoms with van der Waals surface area (Å²) in [5.41, 5.74) is 0. The fraction of sp³-hybridized carbons (Fsp3) is 0.800. The highest BCUT2D eigenvalue weighted by Gasteiger charge is 2.03. The van der Waals surface area contributed by atoms with Crippen LogP contribution in [0.4, 0.5) is 0 Å². The second kappa shape index (κ2) is 7.14. The van der Waals surface area contributed by atoms with Crippen molar-refractivity contribution in [2.75, 3.05) is 6.61 Å². The van der Waals surface area contributed by atoms with Gasteiger partial charge in [-0.25, -0.2) is 0 Å². The Kier molecular flexibility index (Phi) is 6.82. The molecule has 0 aromatic heterocycles. The molecule has 0 aliphatic heterocycles. The molecule has 0 heterocycles. The first-order chi connectivity index (χ1) is 5.66. The van der Waals surface area contributed by atoms with E-state index in [1.807, 2.05) is 13.8 Å². The Morgan fingerprint density at radius 1 is 1.50 bits per heavy atom. The summed E-state index contributed by atoms with van der Waals surface area (Å²) in [6.07, 6.45) is 4.66. The molecule has 0 fully saturated rings. The van der Waals surface area contributed by atoms with Crippen LogP contribution in [-0.2, 0) is 9.53 Å². The molecule has 0 aliphatic rings. The molecule has 0 rings (SSSR count). The van der Waals surface area contributed by atoms with Crippen LogP contribution in [0, 0.1) is 12.3 Å². The SMILES string of the molecule is CCCC[CH]C(=O)OCC(C)C. The summed E-state index contributed by atoms with van der Waals surface area (Å²) < 4.78 is 4.96. The lowest BCUT2D eigenvalue weighted by Gasteiger charge is -2.05. The zero-order valence-electron chi connectivity index (χ0n) is 8.30. The minimum atomic E-state index is -0.169. The van der Waals surface area contributed by atoms with Crippen LogP contribution in [0.5, 0.6) is 0 Å². The van der Waals surface area contributed by atoms with Gasteiger partial charge in [-0.05, 0) is 12.3 Å². The maximum Gasteiger partial charge on any atom is 0.309 e. The van der Waals surface area contributed by atoms with Gasteiger partial charge in [-0.1, -0.05) is 33.6 Å². The second-order valence-electron chi connectivity index (χ2n) is 3.37. The van der Waals surface area contributed by atoms with Crippen molar-refractivity contribution in [1.82, 2.24) is 0 Å². The molecule has 0 aromatic rings. The van der Waals surface area contributed by atoms with E-state index in [0.29, 0.717) is 12.5 Å². The van der Waals surface area contributed by atoms with Crippen LogP contribution in [-0.4, -0.2) is 12.6 Å². The molecule has 0 atom stereocenters. The molecule has 2 nitrogen and oxygen atoms in total. The van der Waals surface area contributed by atoms with E-state index in [-0.39, 0.29) is 5.97 Å².